The minimum Gasteiger partial charge on any atom is -0.305 e. The number of rotatable bonds is 3. The molecule has 1 heterocycles. The number of tetrazole rings is 1. The number of benzene rings is 1. The van der Waals surface area contributed by atoms with Crippen LogP contribution >= 0.6 is 27.5 Å². The van der Waals surface area contributed by atoms with Gasteiger partial charge < -0.3 is 5.32 Å². The highest BCUT2D eigenvalue weighted by Crippen LogP contribution is 2.24. The topological polar surface area (TPSA) is 55.6 Å². The van der Waals surface area contributed by atoms with Gasteiger partial charge in [-0.1, -0.05) is 27.5 Å². The summed E-state index contributed by atoms with van der Waals surface area (Å²) >= 11 is 9.61. The van der Waals surface area contributed by atoms with E-state index in [1.54, 1.807) is 4.68 Å². The molecule has 1 aromatic heterocycles. The monoisotopic (exact) mass is 343 g/mol. The average molecular weight is 345 g/mol. The van der Waals surface area contributed by atoms with Gasteiger partial charge in [0.15, 0.2) is 5.82 Å². The molecule has 0 unspecified atom stereocenters. The van der Waals surface area contributed by atoms with Gasteiger partial charge in [-0.25, -0.2) is 0 Å². The van der Waals surface area contributed by atoms with Gasteiger partial charge in [-0.05, 0) is 49.4 Å². The van der Waals surface area contributed by atoms with Gasteiger partial charge in [-0.15, -0.1) is 5.10 Å². The lowest BCUT2D eigenvalue weighted by molar-refractivity contribution is 0.415. The first-order chi connectivity index (χ1) is 8.87. The van der Waals surface area contributed by atoms with Crippen molar-refractivity contribution in [2.45, 2.75) is 32.9 Å². The van der Waals surface area contributed by atoms with Gasteiger partial charge in [-0.2, -0.15) is 4.68 Å². The van der Waals surface area contributed by atoms with Crippen LogP contribution in [0.1, 0.15) is 26.6 Å². The Morgan fingerprint density at radius 1 is 1.37 bits per heavy atom. The van der Waals surface area contributed by atoms with E-state index in [-0.39, 0.29) is 5.54 Å². The van der Waals surface area contributed by atoms with Crippen LogP contribution in [-0.2, 0) is 6.54 Å². The van der Waals surface area contributed by atoms with Crippen molar-refractivity contribution < 1.29 is 0 Å². The summed E-state index contributed by atoms with van der Waals surface area (Å²) in [6.07, 6.45) is 0. The van der Waals surface area contributed by atoms with Crippen LogP contribution in [0, 0.1) is 0 Å². The van der Waals surface area contributed by atoms with Crippen LogP contribution in [0.15, 0.2) is 22.7 Å². The van der Waals surface area contributed by atoms with E-state index in [1.807, 2.05) is 18.2 Å². The van der Waals surface area contributed by atoms with Gasteiger partial charge in [-0.3, -0.25) is 0 Å². The standard InChI is InChI=1S/C12H15BrClN5/c1-12(2,3)15-7-11-16-17-18-19(11)10-6-8(13)4-5-9(10)14/h4-6,15H,7H2,1-3H3. The smallest absolute Gasteiger partial charge is 0.170 e. The maximum Gasteiger partial charge on any atom is 0.170 e. The maximum absolute atomic E-state index is 6.19. The highest BCUT2D eigenvalue weighted by atomic mass is 79.9. The Labute approximate surface area is 125 Å². The molecule has 0 aliphatic rings. The Bertz CT molecular complexity index is 576. The van der Waals surface area contributed by atoms with Gasteiger partial charge in [0.1, 0.15) is 0 Å². The largest absolute Gasteiger partial charge is 0.305 e. The molecule has 0 aliphatic heterocycles. The molecule has 0 atom stereocenters. The minimum atomic E-state index is -0.00214. The van der Waals surface area contributed by atoms with Crippen molar-refractivity contribution in [3.8, 4) is 5.69 Å². The predicted octanol–water partition coefficient (Wildman–Crippen LogP) is 2.97. The highest BCUT2D eigenvalue weighted by Gasteiger charge is 2.15. The molecule has 0 spiro atoms. The zero-order valence-corrected chi connectivity index (χ0v) is 13.3. The fourth-order valence-corrected chi connectivity index (χ4v) is 2.04. The van der Waals surface area contributed by atoms with Crippen molar-refractivity contribution in [3.05, 3.63) is 33.5 Å². The summed E-state index contributed by atoms with van der Waals surface area (Å²) in [6.45, 7) is 6.84. The first kappa shape index (κ1) is 14.4. The van der Waals surface area contributed by atoms with Gasteiger partial charge in [0.05, 0.1) is 17.3 Å². The van der Waals surface area contributed by atoms with E-state index in [0.717, 1.165) is 16.0 Å². The normalized spacial score (nSPS) is 11.8. The van der Waals surface area contributed by atoms with Crippen molar-refractivity contribution in [2.75, 3.05) is 0 Å². The van der Waals surface area contributed by atoms with E-state index in [1.165, 1.54) is 0 Å². The molecule has 19 heavy (non-hydrogen) atoms. The summed E-state index contributed by atoms with van der Waals surface area (Å²) in [5.41, 5.74) is 0.754. The first-order valence-corrected chi connectivity index (χ1v) is 7.01. The van der Waals surface area contributed by atoms with E-state index < -0.39 is 0 Å². The Kier molecular flexibility index (Phi) is 4.23. The van der Waals surface area contributed by atoms with Gasteiger partial charge >= 0.3 is 0 Å². The van der Waals surface area contributed by atoms with E-state index in [9.17, 15) is 0 Å². The van der Waals surface area contributed by atoms with Crippen molar-refractivity contribution in [3.63, 3.8) is 0 Å². The van der Waals surface area contributed by atoms with Gasteiger partial charge in [0.2, 0.25) is 0 Å². The average Bonchev–Trinajstić information content (AvgIpc) is 2.77. The SMILES string of the molecule is CC(C)(C)NCc1nnnn1-c1cc(Br)ccc1Cl. The molecule has 0 radical (unpaired) electrons. The van der Waals surface area contributed by atoms with Crippen LogP contribution in [0.3, 0.4) is 0 Å². The van der Waals surface area contributed by atoms with Gasteiger partial charge in [0.25, 0.3) is 0 Å². The molecule has 0 fully saturated rings. The molecule has 0 aliphatic carbocycles. The van der Waals surface area contributed by atoms with Crippen LogP contribution in [-0.4, -0.2) is 25.7 Å². The van der Waals surface area contributed by atoms with Crippen LogP contribution in [0.4, 0.5) is 0 Å². The fraction of sp³-hybridized carbons (Fsp3) is 0.417. The molecular weight excluding hydrogens is 330 g/mol. The third kappa shape index (κ3) is 3.75. The molecular formula is C12H15BrClN5. The van der Waals surface area contributed by atoms with Crippen LogP contribution in [0.2, 0.25) is 5.02 Å². The molecule has 7 heteroatoms. The second kappa shape index (κ2) is 5.56. The lowest BCUT2D eigenvalue weighted by atomic mass is 10.1. The van der Waals surface area contributed by atoms with Crippen molar-refractivity contribution >= 4 is 27.5 Å². The summed E-state index contributed by atoms with van der Waals surface area (Å²) < 4.78 is 2.57. The third-order valence-electron chi connectivity index (χ3n) is 2.45. The Morgan fingerprint density at radius 2 is 2.11 bits per heavy atom. The van der Waals surface area contributed by atoms with Crippen molar-refractivity contribution in [2.24, 2.45) is 0 Å². The summed E-state index contributed by atoms with van der Waals surface area (Å²) in [7, 11) is 0. The summed E-state index contributed by atoms with van der Waals surface area (Å²) in [5.74, 6) is 0.718. The van der Waals surface area contributed by atoms with Crippen LogP contribution in [0.25, 0.3) is 5.69 Å². The number of nitrogens with one attached hydrogen (secondary N) is 1. The number of nitrogens with zero attached hydrogens (tertiary/aromatic N) is 4. The Morgan fingerprint density at radius 3 is 2.79 bits per heavy atom. The molecule has 2 rings (SSSR count). The minimum absolute atomic E-state index is 0.00214. The molecule has 0 bridgehead atoms. The Hall–Kier alpha value is -0.980. The first-order valence-electron chi connectivity index (χ1n) is 5.84. The number of aromatic nitrogens is 4. The summed E-state index contributed by atoms with van der Waals surface area (Å²) in [6, 6.07) is 5.58. The molecule has 0 amide bonds. The summed E-state index contributed by atoms with van der Waals surface area (Å²) in [4.78, 5) is 0. The number of hydrogen-bond donors (Lipinski definition) is 1. The second-order valence-electron chi connectivity index (χ2n) is 5.21. The lowest BCUT2D eigenvalue weighted by Crippen LogP contribution is -2.35. The molecule has 2 aromatic rings. The highest BCUT2D eigenvalue weighted by molar-refractivity contribution is 9.10. The Balaban J connectivity index is 2.31. The molecule has 0 saturated carbocycles. The van der Waals surface area contributed by atoms with E-state index in [4.69, 9.17) is 11.6 Å². The summed E-state index contributed by atoms with van der Waals surface area (Å²) in [5, 5.41) is 15.7. The predicted molar refractivity (Wildman–Crippen MR) is 78.5 cm³/mol. The number of hydrogen-bond acceptors (Lipinski definition) is 4. The quantitative estimate of drug-likeness (QED) is 0.930. The number of halogens is 2. The van der Waals surface area contributed by atoms with Gasteiger partial charge in [0, 0.05) is 10.0 Å². The molecule has 1 N–H and O–H groups in total. The van der Waals surface area contributed by atoms with Crippen molar-refractivity contribution in [1.82, 2.24) is 25.5 Å². The third-order valence-corrected chi connectivity index (χ3v) is 3.26. The molecule has 102 valence electrons. The zero-order chi connectivity index (χ0) is 14.0. The van der Waals surface area contributed by atoms with Crippen LogP contribution < -0.4 is 5.32 Å². The molecule has 1 aromatic carbocycles. The van der Waals surface area contributed by atoms with E-state index in [2.05, 4.69) is 57.5 Å². The second-order valence-corrected chi connectivity index (χ2v) is 6.53. The van der Waals surface area contributed by atoms with E-state index >= 15 is 0 Å². The molecule has 5 nitrogen and oxygen atoms in total. The van der Waals surface area contributed by atoms with Crippen LogP contribution in [0.5, 0.6) is 0 Å². The lowest BCUT2D eigenvalue weighted by Gasteiger charge is -2.20. The fourth-order valence-electron chi connectivity index (χ4n) is 1.50. The molecule has 0 saturated heterocycles. The zero-order valence-electron chi connectivity index (χ0n) is 11.0. The van der Waals surface area contributed by atoms with E-state index in [0.29, 0.717) is 11.6 Å². The van der Waals surface area contributed by atoms with Crippen molar-refractivity contribution in [1.29, 1.82) is 0 Å². The maximum atomic E-state index is 6.19.